The molecule has 0 spiro atoms. The van der Waals surface area contributed by atoms with E-state index in [1.807, 2.05) is 13.0 Å². The van der Waals surface area contributed by atoms with Crippen molar-refractivity contribution in [1.29, 1.82) is 0 Å². The highest BCUT2D eigenvalue weighted by Crippen LogP contribution is 2.35. The van der Waals surface area contributed by atoms with Crippen LogP contribution in [-0.2, 0) is 26.2 Å². The molecule has 3 aromatic carbocycles. The van der Waals surface area contributed by atoms with Crippen molar-refractivity contribution in [2.45, 2.75) is 63.1 Å². The first-order chi connectivity index (χ1) is 20.0. The van der Waals surface area contributed by atoms with E-state index in [0.29, 0.717) is 5.75 Å². The Morgan fingerprint density at radius 3 is 2.36 bits per heavy atom. The number of carbonyl (C=O) groups is 2. The first-order valence-electron chi connectivity index (χ1n) is 13.8. The number of carbonyl (C=O) groups excluding carboxylic acids is 2. The van der Waals surface area contributed by atoms with Crippen LogP contribution >= 0.6 is 23.2 Å². The van der Waals surface area contributed by atoms with Crippen LogP contribution in [0.25, 0.3) is 0 Å². The lowest BCUT2D eigenvalue weighted by Gasteiger charge is -2.33. The number of benzene rings is 3. The maximum Gasteiger partial charge on any atom is 0.264 e. The monoisotopic (exact) mass is 631 g/mol. The second-order valence-corrected chi connectivity index (χ2v) is 13.1. The van der Waals surface area contributed by atoms with Gasteiger partial charge in [0, 0.05) is 12.6 Å². The predicted octanol–water partition coefficient (Wildman–Crippen LogP) is 5.98. The fraction of sp³-hybridized carbons (Fsp3) is 0.355. The summed E-state index contributed by atoms with van der Waals surface area (Å²) in [7, 11) is -2.72. The van der Waals surface area contributed by atoms with Gasteiger partial charge in [-0.15, -0.1) is 0 Å². The number of rotatable bonds is 11. The Kier molecular flexibility index (Phi) is 10.4. The van der Waals surface area contributed by atoms with Crippen LogP contribution in [0.4, 0.5) is 5.69 Å². The zero-order chi connectivity index (χ0) is 30.4. The van der Waals surface area contributed by atoms with Gasteiger partial charge in [0.1, 0.15) is 18.3 Å². The number of sulfonamides is 1. The molecule has 3 aromatic rings. The first kappa shape index (κ1) is 31.7. The molecule has 11 heteroatoms. The van der Waals surface area contributed by atoms with Crippen LogP contribution in [0.1, 0.15) is 43.7 Å². The normalized spacial score (nSPS) is 14.3. The predicted molar refractivity (Wildman–Crippen MR) is 166 cm³/mol. The smallest absolute Gasteiger partial charge is 0.264 e. The number of hydrogen-bond acceptors (Lipinski definition) is 5. The minimum Gasteiger partial charge on any atom is -0.497 e. The summed E-state index contributed by atoms with van der Waals surface area (Å²) in [6.07, 6.45) is 3.85. The number of halogens is 2. The average molecular weight is 633 g/mol. The van der Waals surface area contributed by atoms with Gasteiger partial charge in [-0.1, -0.05) is 71.9 Å². The van der Waals surface area contributed by atoms with Crippen molar-refractivity contribution in [2.24, 2.45) is 0 Å². The molecule has 0 aromatic heterocycles. The van der Waals surface area contributed by atoms with Crippen molar-refractivity contribution in [3.63, 3.8) is 0 Å². The summed E-state index contributed by atoms with van der Waals surface area (Å²) in [6, 6.07) is 17.2. The SMILES string of the molecule is COc1cccc(CN(C(=O)CN(c2cccc(Cl)c2Cl)S(=O)(=O)c2ccc(C)cc2)[C@H](C)C(=O)NC2CCCC2)c1. The van der Waals surface area contributed by atoms with E-state index in [2.05, 4.69) is 5.32 Å². The number of ether oxygens (including phenoxy) is 1. The molecule has 0 radical (unpaired) electrons. The zero-order valence-electron chi connectivity index (χ0n) is 23.8. The zero-order valence-corrected chi connectivity index (χ0v) is 26.2. The summed E-state index contributed by atoms with van der Waals surface area (Å²) < 4.78 is 34.3. The maximum absolute atomic E-state index is 14.1. The van der Waals surface area contributed by atoms with Gasteiger partial charge in [-0.05, 0) is 68.7 Å². The molecule has 1 atom stereocenters. The lowest BCUT2D eigenvalue weighted by Crippen LogP contribution is -2.52. The lowest BCUT2D eigenvalue weighted by atomic mass is 10.1. The molecule has 0 unspecified atom stereocenters. The van der Waals surface area contributed by atoms with E-state index in [0.717, 1.165) is 41.1 Å². The highest BCUT2D eigenvalue weighted by Gasteiger charge is 2.34. The van der Waals surface area contributed by atoms with Crippen molar-refractivity contribution in [2.75, 3.05) is 18.0 Å². The Bertz CT molecular complexity index is 1530. The second-order valence-electron chi connectivity index (χ2n) is 10.4. The number of nitrogens with one attached hydrogen (secondary N) is 1. The van der Waals surface area contributed by atoms with E-state index < -0.39 is 28.5 Å². The van der Waals surface area contributed by atoms with Gasteiger partial charge in [0.25, 0.3) is 10.0 Å². The molecule has 4 rings (SSSR count). The molecular weight excluding hydrogens is 597 g/mol. The summed E-state index contributed by atoms with van der Waals surface area (Å²) in [6.45, 7) is 2.94. The third-order valence-corrected chi connectivity index (χ3v) is 10.0. The molecule has 8 nitrogen and oxygen atoms in total. The van der Waals surface area contributed by atoms with E-state index in [4.69, 9.17) is 27.9 Å². The topological polar surface area (TPSA) is 96.0 Å². The largest absolute Gasteiger partial charge is 0.497 e. The molecule has 0 aliphatic heterocycles. The minimum atomic E-state index is -4.26. The highest BCUT2D eigenvalue weighted by atomic mass is 35.5. The Morgan fingerprint density at radius 2 is 1.69 bits per heavy atom. The van der Waals surface area contributed by atoms with E-state index in [-0.39, 0.29) is 39.1 Å². The third-order valence-electron chi connectivity index (χ3n) is 7.44. The van der Waals surface area contributed by atoms with Crippen LogP contribution in [0.15, 0.2) is 71.6 Å². The van der Waals surface area contributed by atoms with Crippen LogP contribution in [0.5, 0.6) is 5.75 Å². The van der Waals surface area contributed by atoms with Crippen LogP contribution in [0, 0.1) is 6.92 Å². The first-order valence-corrected chi connectivity index (χ1v) is 16.0. The number of amides is 2. The third kappa shape index (κ3) is 7.38. The Hall–Kier alpha value is -3.27. The van der Waals surface area contributed by atoms with Crippen LogP contribution in [0.3, 0.4) is 0 Å². The van der Waals surface area contributed by atoms with Gasteiger partial charge < -0.3 is 15.0 Å². The van der Waals surface area contributed by atoms with E-state index in [1.165, 1.54) is 29.2 Å². The highest BCUT2D eigenvalue weighted by molar-refractivity contribution is 7.92. The van der Waals surface area contributed by atoms with Crippen molar-refractivity contribution in [3.05, 3.63) is 87.9 Å². The summed E-state index contributed by atoms with van der Waals surface area (Å²) in [5.74, 6) is -0.289. The maximum atomic E-state index is 14.1. The van der Waals surface area contributed by atoms with Gasteiger partial charge in [-0.25, -0.2) is 8.42 Å². The van der Waals surface area contributed by atoms with Gasteiger partial charge >= 0.3 is 0 Å². The number of hydrogen-bond donors (Lipinski definition) is 1. The standard InChI is InChI=1S/C31H35Cl2N3O5S/c1-21-14-16-26(17-15-21)42(39,40)36(28-13-7-12-27(32)30(28)33)20-29(37)35(19-23-8-6-11-25(18-23)41-3)22(2)31(38)34-24-9-4-5-10-24/h6-8,11-18,22,24H,4-5,9-10,19-20H2,1-3H3,(H,34,38)/t22-/m1/s1. The summed E-state index contributed by atoms with van der Waals surface area (Å²) in [5, 5.41) is 3.19. The van der Waals surface area contributed by atoms with E-state index in [1.54, 1.807) is 50.4 Å². The van der Waals surface area contributed by atoms with Crippen LogP contribution in [-0.4, -0.2) is 50.9 Å². The Balaban J connectivity index is 1.72. The van der Waals surface area contributed by atoms with Gasteiger partial charge in [-0.2, -0.15) is 0 Å². The number of methoxy groups -OCH3 is 1. The molecule has 0 bridgehead atoms. The molecule has 2 amide bonds. The molecule has 1 aliphatic carbocycles. The Morgan fingerprint density at radius 1 is 1.02 bits per heavy atom. The summed E-state index contributed by atoms with van der Waals surface area (Å²) >= 11 is 12.8. The van der Waals surface area contributed by atoms with E-state index >= 15 is 0 Å². The molecule has 1 fully saturated rings. The van der Waals surface area contributed by atoms with Crippen molar-refractivity contribution < 1.29 is 22.7 Å². The number of aryl methyl sites for hydroxylation is 1. The molecule has 1 aliphatic rings. The van der Waals surface area contributed by atoms with Crippen molar-refractivity contribution >= 4 is 50.7 Å². The second kappa shape index (κ2) is 13.8. The molecular formula is C31H35Cl2N3O5S. The van der Waals surface area contributed by atoms with Crippen LogP contribution < -0.4 is 14.4 Å². The quantitative estimate of drug-likeness (QED) is 0.281. The van der Waals surface area contributed by atoms with Gasteiger partial charge in [-0.3, -0.25) is 13.9 Å². The van der Waals surface area contributed by atoms with Crippen molar-refractivity contribution in [1.82, 2.24) is 10.2 Å². The molecule has 1 saturated carbocycles. The summed E-state index contributed by atoms with van der Waals surface area (Å²) in [5.41, 5.74) is 1.66. The van der Waals surface area contributed by atoms with Crippen LogP contribution in [0.2, 0.25) is 10.0 Å². The van der Waals surface area contributed by atoms with E-state index in [9.17, 15) is 18.0 Å². The van der Waals surface area contributed by atoms with Gasteiger partial charge in [0.05, 0.1) is 27.7 Å². The molecule has 0 heterocycles. The van der Waals surface area contributed by atoms with Crippen molar-refractivity contribution in [3.8, 4) is 5.75 Å². The number of anilines is 1. The molecule has 224 valence electrons. The Labute approximate surface area is 257 Å². The van der Waals surface area contributed by atoms with Gasteiger partial charge in [0.2, 0.25) is 11.8 Å². The summed E-state index contributed by atoms with van der Waals surface area (Å²) in [4.78, 5) is 28.9. The molecule has 1 N–H and O–H groups in total. The lowest BCUT2D eigenvalue weighted by molar-refractivity contribution is -0.139. The fourth-order valence-corrected chi connectivity index (χ4v) is 6.85. The fourth-order valence-electron chi connectivity index (χ4n) is 4.98. The van der Waals surface area contributed by atoms with Gasteiger partial charge in [0.15, 0.2) is 0 Å². The molecule has 42 heavy (non-hydrogen) atoms. The minimum absolute atomic E-state index is 0.00553. The number of nitrogens with zero attached hydrogens (tertiary/aromatic N) is 2. The molecule has 0 saturated heterocycles. The average Bonchev–Trinajstić information content (AvgIpc) is 3.49.